The summed E-state index contributed by atoms with van der Waals surface area (Å²) in [5, 5.41) is 13.7. The smallest absolute Gasteiger partial charge is 0.320 e. The van der Waals surface area contributed by atoms with Gasteiger partial charge in [0.05, 0.1) is 18.6 Å². The van der Waals surface area contributed by atoms with E-state index in [1.54, 1.807) is 17.8 Å². The van der Waals surface area contributed by atoms with Crippen molar-refractivity contribution in [1.29, 1.82) is 0 Å². The summed E-state index contributed by atoms with van der Waals surface area (Å²) in [6, 6.07) is -1.13. The van der Waals surface area contributed by atoms with Crippen LogP contribution in [0.15, 0.2) is 12.5 Å². The molecule has 0 saturated heterocycles. The monoisotopic (exact) mass is 291 g/mol. The third-order valence-electron chi connectivity index (χ3n) is 2.46. The number of aliphatic carboxylic acids is 1. The fourth-order valence-electron chi connectivity index (χ4n) is 1.43. The molecule has 5 N–H and O–H groups in total. The normalized spacial score (nSPS) is 13.7. The maximum Gasteiger partial charge on any atom is 0.320 e. The molecule has 0 aliphatic carbocycles. The van der Waals surface area contributed by atoms with Crippen LogP contribution in [-0.2, 0) is 28.6 Å². The molecule has 9 nitrogen and oxygen atoms in total. The van der Waals surface area contributed by atoms with Crippen molar-refractivity contribution in [3.05, 3.63) is 18.2 Å². The summed E-state index contributed by atoms with van der Waals surface area (Å²) in [6.07, 6.45) is 3.15. The van der Waals surface area contributed by atoms with Crippen LogP contribution in [0, 0.1) is 0 Å². The van der Waals surface area contributed by atoms with Gasteiger partial charge in [-0.25, -0.2) is 10.1 Å². The number of imidazole rings is 1. The standard InChI is InChI=1S/C9H17N5O4S/c1-13-4-7(12-6-13)5-14(19(11,17)18)3-2-8(10)9(15)16/h4,6,8H,2-3,5,10H2,1H3,(H,15,16)(H2,11,17,18)/t8-/m0/s1. The van der Waals surface area contributed by atoms with Crippen LogP contribution in [0.2, 0.25) is 0 Å². The molecule has 0 fully saturated rings. The molecule has 1 atom stereocenters. The molecule has 0 amide bonds. The number of carboxylic acid groups (broad SMARTS) is 1. The second kappa shape index (κ2) is 6.10. The Balaban J connectivity index is 2.71. The Morgan fingerprint density at radius 3 is 2.68 bits per heavy atom. The Kier molecular flexibility index (Phi) is 5.00. The van der Waals surface area contributed by atoms with Crippen molar-refractivity contribution in [3.8, 4) is 0 Å². The second-order valence-corrected chi connectivity index (χ2v) is 5.69. The van der Waals surface area contributed by atoms with Crippen molar-refractivity contribution in [2.24, 2.45) is 17.9 Å². The topological polar surface area (TPSA) is 145 Å². The van der Waals surface area contributed by atoms with E-state index in [1.165, 1.54) is 6.33 Å². The van der Waals surface area contributed by atoms with Crippen molar-refractivity contribution >= 4 is 16.2 Å². The van der Waals surface area contributed by atoms with E-state index < -0.39 is 22.2 Å². The Bertz CT molecular complexity index is 541. The maximum absolute atomic E-state index is 11.4. The lowest BCUT2D eigenvalue weighted by atomic mass is 10.2. The number of aryl methyl sites for hydroxylation is 1. The molecule has 0 radical (unpaired) electrons. The molecule has 0 unspecified atom stereocenters. The summed E-state index contributed by atoms with van der Waals surface area (Å²) in [4.78, 5) is 14.6. The minimum atomic E-state index is -3.94. The van der Waals surface area contributed by atoms with E-state index in [4.69, 9.17) is 16.0 Å². The molecular formula is C9H17N5O4S. The molecule has 0 spiro atoms. The highest BCUT2D eigenvalue weighted by Crippen LogP contribution is 2.06. The van der Waals surface area contributed by atoms with Gasteiger partial charge in [-0.05, 0) is 6.42 Å². The largest absolute Gasteiger partial charge is 0.480 e. The number of nitrogens with zero attached hydrogens (tertiary/aromatic N) is 3. The molecule has 0 aromatic carbocycles. The van der Waals surface area contributed by atoms with Gasteiger partial charge >= 0.3 is 5.97 Å². The van der Waals surface area contributed by atoms with Crippen LogP contribution in [0.3, 0.4) is 0 Å². The van der Waals surface area contributed by atoms with Gasteiger partial charge in [0.15, 0.2) is 0 Å². The molecule has 0 aliphatic heterocycles. The number of rotatable bonds is 7. The fraction of sp³-hybridized carbons (Fsp3) is 0.556. The molecule has 19 heavy (non-hydrogen) atoms. The predicted octanol–water partition coefficient (Wildman–Crippen LogP) is -1.77. The first-order chi connectivity index (χ1) is 8.70. The van der Waals surface area contributed by atoms with E-state index in [9.17, 15) is 13.2 Å². The molecule has 0 bridgehead atoms. The Hall–Kier alpha value is -1.49. The molecule has 1 aromatic rings. The highest BCUT2D eigenvalue weighted by atomic mass is 32.2. The third kappa shape index (κ3) is 4.95. The van der Waals surface area contributed by atoms with Crippen molar-refractivity contribution in [3.63, 3.8) is 0 Å². The zero-order chi connectivity index (χ0) is 14.6. The van der Waals surface area contributed by atoms with E-state index in [1.807, 2.05) is 0 Å². The van der Waals surface area contributed by atoms with Crippen LogP contribution in [0.5, 0.6) is 0 Å². The number of nitrogens with two attached hydrogens (primary N) is 2. The summed E-state index contributed by atoms with van der Waals surface area (Å²) < 4.78 is 25.4. The number of aromatic nitrogens is 2. The van der Waals surface area contributed by atoms with Crippen molar-refractivity contribution < 1.29 is 18.3 Å². The SMILES string of the molecule is Cn1cnc(CN(CC[C@H](N)C(=O)O)S(N)(=O)=O)c1. The average Bonchev–Trinajstić information content (AvgIpc) is 2.67. The molecule has 0 aliphatic rings. The summed E-state index contributed by atoms with van der Waals surface area (Å²) in [6.45, 7) is -0.102. The van der Waals surface area contributed by atoms with Gasteiger partial charge in [0.1, 0.15) is 6.04 Å². The molecule has 1 aromatic heterocycles. The van der Waals surface area contributed by atoms with Gasteiger partial charge in [-0.15, -0.1) is 0 Å². The van der Waals surface area contributed by atoms with Crippen molar-refractivity contribution in [1.82, 2.24) is 13.9 Å². The maximum atomic E-state index is 11.4. The fourth-order valence-corrected chi connectivity index (χ4v) is 2.10. The lowest BCUT2D eigenvalue weighted by Gasteiger charge is -2.19. The van der Waals surface area contributed by atoms with E-state index in [0.29, 0.717) is 5.69 Å². The number of hydrogen-bond donors (Lipinski definition) is 3. The summed E-state index contributed by atoms with van der Waals surface area (Å²) in [7, 11) is -2.19. The summed E-state index contributed by atoms with van der Waals surface area (Å²) in [5.41, 5.74) is 5.84. The molecular weight excluding hydrogens is 274 g/mol. The summed E-state index contributed by atoms with van der Waals surface area (Å²) in [5.74, 6) is -1.19. The lowest BCUT2D eigenvalue weighted by Crippen LogP contribution is -2.40. The van der Waals surface area contributed by atoms with Crippen LogP contribution in [0.25, 0.3) is 0 Å². The van der Waals surface area contributed by atoms with Gasteiger partial charge < -0.3 is 15.4 Å². The predicted molar refractivity (Wildman–Crippen MR) is 67.0 cm³/mol. The average molecular weight is 291 g/mol. The van der Waals surface area contributed by atoms with E-state index in [0.717, 1.165) is 4.31 Å². The van der Waals surface area contributed by atoms with Crippen molar-refractivity contribution in [2.75, 3.05) is 6.54 Å². The van der Waals surface area contributed by atoms with Crippen LogP contribution >= 0.6 is 0 Å². The molecule has 0 saturated carbocycles. The van der Waals surface area contributed by atoms with Gasteiger partial charge in [0.25, 0.3) is 10.2 Å². The zero-order valence-electron chi connectivity index (χ0n) is 10.4. The minimum absolute atomic E-state index is 0.0218. The Morgan fingerprint density at radius 2 is 2.26 bits per heavy atom. The third-order valence-corrected chi connectivity index (χ3v) is 3.49. The van der Waals surface area contributed by atoms with Gasteiger partial charge in [-0.1, -0.05) is 0 Å². The van der Waals surface area contributed by atoms with Gasteiger partial charge in [-0.2, -0.15) is 12.7 Å². The Morgan fingerprint density at radius 1 is 1.63 bits per heavy atom. The van der Waals surface area contributed by atoms with Crippen LogP contribution in [0.1, 0.15) is 12.1 Å². The van der Waals surface area contributed by atoms with Gasteiger partial charge in [0, 0.05) is 19.8 Å². The van der Waals surface area contributed by atoms with Crippen molar-refractivity contribution in [2.45, 2.75) is 19.0 Å². The van der Waals surface area contributed by atoms with Crippen LogP contribution < -0.4 is 10.9 Å². The highest BCUT2D eigenvalue weighted by molar-refractivity contribution is 7.86. The van der Waals surface area contributed by atoms with E-state index >= 15 is 0 Å². The Labute approximate surface area is 111 Å². The van der Waals surface area contributed by atoms with Gasteiger partial charge in [-0.3, -0.25) is 4.79 Å². The second-order valence-electron chi connectivity index (χ2n) is 4.14. The number of carboxylic acids is 1. The first kappa shape index (κ1) is 15.6. The first-order valence-electron chi connectivity index (χ1n) is 5.43. The first-order valence-corrected chi connectivity index (χ1v) is 6.93. The molecule has 1 heterocycles. The van der Waals surface area contributed by atoms with Crippen LogP contribution in [0.4, 0.5) is 0 Å². The summed E-state index contributed by atoms with van der Waals surface area (Å²) >= 11 is 0. The van der Waals surface area contributed by atoms with E-state index in [2.05, 4.69) is 4.98 Å². The number of hydrogen-bond acceptors (Lipinski definition) is 5. The quantitative estimate of drug-likeness (QED) is 0.542. The zero-order valence-corrected chi connectivity index (χ0v) is 11.2. The van der Waals surface area contributed by atoms with E-state index in [-0.39, 0.29) is 19.5 Å². The molecule has 1 rings (SSSR count). The minimum Gasteiger partial charge on any atom is -0.480 e. The highest BCUT2D eigenvalue weighted by Gasteiger charge is 2.21. The van der Waals surface area contributed by atoms with Gasteiger partial charge in [0.2, 0.25) is 0 Å². The molecule has 10 heteroatoms. The number of carbonyl (C=O) groups is 1. The van der Waals surface area contributed by atoms with Crippen LogP contribution in [-0.4, -0.2) is 45.9 Å². The molecule has 108 valence electrons. The lowest BCUT2D eigenvalue weighted by molar-refractivity contribution is -0.138.